The molecule has 7 aromatic carbocycles. The van der Waals surface area contributed by atoms with Crippen LogP contribution in [0.4, 0.5) is 11.4 Å². The number of hydrogen-bond acceptors (Lipinski definition) is 3. The number of anilines is 2. The van der Waals surface area contributed by atoms with E-state index >= 15 is 0 Å². The zero-order valence-electron chi connectivity index (χ0n) is 41.6. The number of rotatable bonds is 13. The Labute approximate surface area is 430 Å². The number of pyridine rings is 1. The fourth-order valence-electron chi connectivity index (χ4n) is 11.2. The van der Waals surface area contributed by atoms with E-state index in [1.807, 2.05) is 60.2 Å². The predicted molar refractivity (Wildman–Crippen MR) is 311 cm³/mol. The van der Waals surface area contributed by atoms with Crippen LogP contribution in [-0.4, -0.2) is 4.98 Å². The lowest BCUT2D eigenvalue weighted by atomic mass is 9.67. The summed E-state index contributed by atoms with van der Waals surface area (Å²) < 4.78 is 1.38. The molecule has 2 aliphatic rings. The number of nitrogens with zero attached hydrogens (tertiary/aromatic N) is 2. The van der Waals surface area contributed by atoms with Gasteiger partial charge in [0.1, 0.15) is 0 Å². The summed E-state index contributed by atoms with van der Waals surface area (Å²) in [6.07, 6.45) is 19.1. The number of fused-ring (bicyclic) bond motifs is 6. The Balaban J connectivity index is 0.000000681. The van der Waals surface area contributed by atoms with Crippen molar-refractivity contribution in [3.05, 3.63) is 299 Å². The van der Waals surface area contributed by atoms with Crippen LogP contribution in [0.15, 0.2) is 239 Å². The van der Waals surface area contributed by atoms with Crippen molar-refractivity contribution in [2.75, 3.05) is 4.90 Å². The molecule has 1 unspecified atom stereocenters. The molecular weight excluding hydrogens is 889 g/mol. The zero-order valence-corrected chi connectivity index (χ0v) is 42.4. The molecular formula is C69H60N2S. The van der Waals surface area contributed by atoms with Gasteiger partial charge in [0.05, 0.1) is 11.1 Å². The average molecular weight is 949 g/mol. The van der Waals surface area contributed by atoms with Gasteiger partial charge in [-0.3, -0.25) is 4.98 Å². The number of benzene rings is 7. The van der Waals surface area contributed by atoms with Gasteiger partial charge in [-0.1, -0.05) is 208 Å². The van der Waals surface area contributed by atoms with Crippen molar-refractivity contribution in [3.63, 3.8) is 0 Å². The van der Waals surface area contributed by atoms with Gasteiger partial charge in [0, 0.05) is 49.9 Å². The van der Waals surface area contributed by atoms with Gasteiger partial charge in [-0.25, -0.2) is 0 Å². The minimum absolute atomic E-state index is 0.328. The van der Waals surface area contributed by atoms with Crippen molar-refractivity contribution in [2.24, 2.45) is 5.92 Å². The Hall–Kier alpha value is -8.11. The van der Waals surface area contributed by atoms with E-state index in [-0.39, 0.29) is 0 Å². The highest BCUT2D eigenvalue weighted by Gasteiger charge is 2.48. The van der Waals surface area contributed by atoms with E-state index in [0.717, 1.165) is 58.6 Å². The van der Waals surface area contributed by atoms with Crippen LogP contribution in [0, 0.1) is 19.8 Å². The number of aromatic nitrogens is 1. The summed E-state index contributed by atoms with van der Waals surface area (Å²) in [6, 6.07) is 61.9. The quantitative estimate of drug-likeness (QED) is 0.107. The first kappa shape index (κ1) is 47.6. The molecule has 3 heteroatoms. The first-order chi connectivity index (χ1) is 35.3. The summed E-state index contributed by atoms with van der Waals surface area (Å²) in [4.78, 5) is 8.25. The van der Waals surface area contributed by atoms with E-state index in [2.05, 4.69) is 227 Å². The van der Waals surface area contributed by atoms with Crippen LogP contribution in [0.1, 0.15) is 73.9 Å². The largest absolute Gasteiger partial charge is 0.310 e. The molecule has 0 amide bonds. The number of hydrogen-bond donors (Lipinski definition) is 0. The molecule has 1 atom stereocenters. The van der Waals surface area contributed by atoms with Crippen molar-refractivity contribution >= 4 is 50.5 Å². The zero-order chi connectivity index (χ0) is 49.8. The molecule has 352 valence electrons. The topological polar surface area (TPSA) is 16.1 Å². The molecule has 11 rings (SSSR count). The number of allylic oxidation sites excluding steroid dienone is 5. The van der Waals surface area contributed by atoms with Gasteiger partial charge >= 0.3 is 0 Å². The predicted octanol–water partition coefficient (Wildman–Crippen LogP) is 18.5. The summed E-state index contributed by atoms with van der Waals surface area (Å²) >= 11 is 1.97. The molecule has 2 aliphatic carbocycles. The monoisotopic (exact) mass is 948 g/mol. The average Bonchev–Trinajstić information content (AvgIpc) is 3.95. The first-order valence-corrected chi connectivity index (χ1v) is 25.8. The summed E-state index contributed by atoms with van der Waals surface area (Å²) in [6.45, 7) is 24.1. The Morgan fingerprint density at radius 1 is 0.681 bits per heavy atom. The Kier molecular flexibility index (Phi) is 13.7. The standard InChI is InChI=1S/C61H50N2S.C8H10/c1-6-21-47(7-2)63(48-28-18-22-43(38-48)44-23-20-35-62-40-44)56-39-55-59(50(9-4)49(56)8-3)52-34-33-42(36-41(5)51-30-19-32-58-60(51)53-29-16-17-31-57(53)64-58)37-54(52)61(55,45-24-12-10-13-25-45)46-26-14-11-15-27-46;1-7-3-5-8(2)6-4-7/h6-18,20-31,33-35,37-41H,1-4,19,32,36H2,5H3;3-6H,1-2H3/b47-21+;. The first-order valence-electron chi connectivity index (χ1n) is 25.0. The van der Waals surface area contributed by atoms with Gasteiger partial charge in [-0.2, -0.15) is 0 Å². The lowest BCUT2D eigenvalue weighted by Gasteiger charge is -2.36. The van der Waals surface area contributed by atoms with Crippen LogP contribution < -0.4 is 4.90 Å². The maximum atomic E-state index is 4.53. The second-order valence-corrected chi connectivity index (χ2v) is 20.1. The summed E-state index contributed by atoms with van der Waals surface area (Å²) in [5.41, 5.74) is 20.5. The van der Waals surface area contributed by atoms with E-state index < -0.39 is 5.41 Å². The Bertz CT molecular complexity index is 3480. The maximum Gasteiger partial charge on any atom is 0.0714 e. The van der Waals surface area contributed by atoms with Crippen molar-refractivity contribution in [1.29, 1.82) is 0 Å². The van der Waals surface area contributed by atoms with Gasteiger partial charge < -0.3 is 4.90 Å². The summed E-state index contributed by atoms with van der Waals surface area (Å²) in [5, 5.41) is 1.39. The van der Waals surface area contributed by atoms with Crippen molar-refractivity contribution in [2.45, 2.75) is 45.4 Å². The molecule has 9 aromatic rings. The molecule has 0 N–H and O–H groups in total. The summed E-state index contributed by atoms with van der Waals surface area (Å²) in [5.74, 6) is 0.328. The second kappa shape index (κ2) is 20.7. The molecule has 72 heavy (non-hydrogen) atoms. The van der Waals surface area contributed by atoms with Crippen LogP contribution in [-0.2, 0) is 18.3 Å². The molecule has 2 aromatic heterocycles. The second-order valence-electron chi connectivity index (χ2n) is 18.9. The van der Waals surface area contributed by atoms with E-state index in [0.29, 0.717) is 5.92 Å². The number of aryl methyl sites for hydroxylation is 3. The van der Waals surface area contributed by atoms with Gasteiger partial charge in [0.25, 0.3) is 0 Å². The normalized spacial score (nSPS) is 13.6. The van der Waals surface area contributed by atoms with E-state index in [1.165, 1.54) is 76.2 Å². The number of thiophene rings is 1. The van der Waals surface area contributed by atoms with Crippen LogP contribution in [0.25, 0.3) is 50.1 Å². The lowest BCUT2D eigenvalue weighted by Crippen LogP contribution is -2.29. The van der Waals surface area contributed by atoms with Crippen LogP contribution >= 0.6 is 11.3 Å². The van der Waals surface area contributed by atoms with Crippen molar-refractivity contribution < 1.29 is 0 Å². The minimum atomic E-state index is -0.667. The SMILES string of the molecule is C=C/C=C(\C=C)N(c1cccc(-c2cccnc2)c1)c1cc2c(c(C=C)c1C=C)-c1ccc(CC(C)C3=CCCc4sc5ccccc5c43)cc1C2(c1ccccc1)c1ccccc1.Cc1ccc(C)cc1. The fraction of sp³-hybridized carbons (Fsp3) is 0.116. The van der Waals surface area contributed by atoms with Gasteiger partial charge in [0.15, 0.2) is 0 Å². The third-order valence-electron chi connectivity index (χ3n) is 14.4. The Morgan fingerprint density at radius 2 is 1.36 bits per heavy atom. The third-order valence-corrected chi connectivity index (χ3v) is 15.7. The fourth-order valence-corrected chi connectivity index (χ4v) is 12.4. The van der Waals surface area contributed by atoms with Gasteiger partial charge in [0.2, 0.25) is 0 Å². The third kappa shape index (κ3) is 8.65. The van der Waals surface area contributed by atoms with Crippen LogP contribution in [0.5, 0.6) is 0 Å². The molecule has 0 fully saturated rings. The summed E-state index contributed by atoms with van der Waals surface area (Å²) in [7, 11) is 0. The molecule has 0 aliphatic heterocycles. The Morgan fingerprint density at radius 3 is 2.01 bits per heavy atom. The molecule has 0 bridgehead atoms. The molecule has 0 saturated heterocycles. The van der Waals surface area contributed by atoms with Gasteiger partial charge in [-0.15, -0.1) is 11.3 Å². The lowest BCUT2D eigenvalue weighted by molar-refractivity contribution is 0.727. The molecule has 0 spiro atoms. The minimum Gasteiger partial charge on any atom is -0.310 e. The van der Waals surface area contributed by atoms with Gasteiger partial charge in [-0.05, 0) is 143 Å². The molecule has 2 heterocycles. The van der Waals surface area contributed by atoms with Crippen molar-refractivity contribution in [3.8, 4) is 22.3 Å². The molecule has 0 saturated carbocycles. The van der Waals surface area contributed by atoms with E-state index in [4.69, 9.17) is 0 Å². The van der Waals surface area contributed by atoms with Crippen LogP contribution in [0.2, 0.25) is 0 Å². The molecule has 2 nitrogen and oxygen atoms in total. The maximum absolute atomic E-state index is 4.53. The highest BCUT2D eigenvalue weighted by atomic mass is 32.1. The van der Waals surface area contributed by atoms with E-state index in [1.54, 1.807) is 0 Å². The van der Waals surface area contributed by atoms with E-state index in [9.17, 15) is 0 Å². The highest BCUT2D eigenvalue weighted by Crippen LogP contribution is 2.60. The smallest absolute Gasteiger partial charge is 0.0714 e. The van der Waals surface area contributed by atoms with Crippen molar-refractivity contribution in [1.82, 2.24) is 4.98 Å². The molecule has 0 radical (unpaired) electrons. The van der Waals surface area contributed by atoms with Crippen LogP contribution in [0.3, 0.4) is 0 Å². The highest BCUT2D eigenvalue weighted by molar-refractivity contribution is 7.19.